The Kier molecular flexibility index (Phi) is 12.0. The summed E-state index contributed by atoms with van der Waals surface area (Å²) in [6.07, 6.45) is 2.03. The molecule has 216 valence electrons. The molecule has 1 amide bonds. The van der Waals surface area contributed by atoms with Crippen molar-refractivity contribution in [3.63, 3.8) is 0 Å². The third kappa shape index (κ3) is 8.78. The van der Waals surface area contributed by atoms with Crippen LogP contribution in [0.3, 0.4) is 0 Å². The molecule has 10 heteroatoms. The lowest BCUT2D eigenvalue weighted by atomic mass is 10.1. The SMILES string of the molecule is CNCC(=S)N[C@@H](CCSN[C@H]1c2ccccc2C[C@H]1OCC#CC#CCO[C@@H]1Cc2ccccc2[C@@H]1N)C(N)=O. The Morgan fingerprint density at radius 1 is 1.02 bits per heavy atom. The number of hydrogen-bond donors (Lipinski definition) is 5. The number of likely N-dealkylation sites (N-methyl/N-ethyl adjacent to an activating group) is 1. The molecule has 0 bridgehead atoms. The maximum Gasteiger partial charge on any atom is 0.239 e. The summed E-state index contributed by atoms with van der Waals surface area (Å²) in [6.45, 7) is 1.06. The number of thiocarbonyl (C=S) groups is 1. The molecule has 0 saturated heterocycles. The first kappa shape index (κ1) is 31.0. The lowest BCUT2D eigenvalue weighted by Gasteiger charge is -2.22. The highest BCUT2D eigenvalue weighted by Gasteiger charge is 2.33. The predicted molar refractivity (Wildman–Crippen MR) is 168 cm³/mol. The molecule has 2 aromatic rings. The highest BCUT2D eigenvalue weighted by atomic mass is 32.2. The zero-order valence-electron chi connectivity index (χ0n) is 23.2. The van der Waals surface area contributed by atoms with Crippen LogP contribution in [0.4, 0.5) is 0 Å². The molecule has 2 aliphatic carbocycles. The van der Waals surface area contributed by atoms with Gasteiger partial charge in [-0.2, -0.15) is 0 Å². The summed E-state index contributed by atoms with van der Waals surface area (Å²) in [6, 6.07) is 15.9. The summed E-state index contributed by atoms with van der Waals surface area (Å²) in [7, 11) is 1.80. The Morgan fingerprint density at radius 3 is 2.29 bits per heavy atom. The molecular weight excluding hydrogens is 555 g/mol. The van der Waals surface area contributed by atoms with Crippen molar-refractivity contribution < 1.29 is 14.3 Å². The average Bonchev–Trinajstić information content (AvgIpc) is 3.48. The smallest absolute Gasteiger partial charge is 0.239 e. The van der Waals surface area contributed by atoms with Crippen LogP contribution in [-0.4, -0.2) is 61.7 Å². The number of benzene rings is 2. The van der Waals surface area contributed by atoms with Gasteiger partial charge >= 0.3 is 0 Å². The molecule has 0 fully saturated rings. The van der Waals surface area contributed by atoms with Crippen molar-refractivity contribution >= 4 is 35.1 Å². The Bertz CT molecular complexity index is 1330. The monoisotopic (exact) mass is 591 g/mol. The Morgan fingerprint density at radius 2 is 1.63 bits per heavy atom. The molecular formula is C31H37N5O3S2. The summed E-state index contributed by atoms with van der Waals surface area (Å²) >= 11 is 6.79. The predicted octanol–water partition coefficient (Wildman–Crippen LogP) is 1.94. The minimum Gasteiger partial charge on any atom is -0.368 e. The highest BCUT2D eigenvalue weighted by Crippen LogP contribution is 2.34. The maximum absolute atomic E-state index is 11.8. The molecule has 0 saturated carbocycles. The first-order chi connectivity index (χ1) is 20.0. The topological polar surface area (TPSA) is 124 Å². The van der Waals surface area contributed by atoms with Gasteiger partial charge < -0.3 is 31.6 Å². The van der Waals surface area contributed by atoms with Crippen LogP contribution in [0.25, 0.3) is 0 Å². The zero-order valence-corrected chi connectivity index (χ0v) is 24.8. The number of amides is 1. The van der Waals surface area contributed by atoms with Crippen LogP contribution in [0, 0.1) is 23.7 Å². The van der Waals surface area contributed by atoms with Gasteiger partial charge in [0.1, 0.15) is 19.3 Å². The number of carbonyl (C=O) groups is 1. The van der Waals surface area contributed by atoms with Gasteiger partial charge in [-0.15, -0.1) is 0 Å². The maximum atomic E-state index is 11.8. The number of nitrogens with one attached hydrogen (secondary N) is 3. The van der Waals surface area contributed by atoms with Crippen LogP contribution >= 0.6 is 24.2 Å². The molecule has 2 aromatic carbocycles. The van der Waals surface area contributed by atoms with Gasteiger partial charge in [-0.25, -0.2) is 0 Å². The van der Waals surface area contributed by atoms with E-state index in [1.54, 1.807) is 19.0 Å². The fourth-order valence-corrected chi connectivity index (χ4v) is 6.30. The molecule has 0 radical (unpaired) electrons. The molecule has 2 aliphatic rings. The van der Waals surface area contributed by atoms with E-state index >= 15 is 0 Å². The second-order valence-corrected chi connectivity index (χ2v) is 11.3. The lowest BCUT2D eigenvalue weighted by molar-refractivity contribution is -0.119. The van der Waals surface area contributed by atoms with Crippen molar-refractivity contribution in [1.82, 2.24) is 15.4 Å². The first-order valence-corrected chi connectivity index (χ1v) is 15.1. The largest absolute Gasteiger partial charge is 0.368 e. The summed E-state index contributed by atoms with van der Waals surface area (Å²) in [5.41, 5.74) is 16.7. The fraction of sp³-hybridized carbons (Fsp3) is 0.419. The minimum atomic E-state index is -0.513. The van der Waals surface area contributed by atoms with E-state index in [-0.39, 0.29) is 37.5 Å². The summed E-state index contributed by atoms with van der Waals surface area (Å²) in [5, 5.41) is 6.00. The second-order valence-electron chi connectivity index (χ2n) is 9.92. The van der Waals surface area contributed by atoms with Gasteiger partial charge in [0.25, 0.3) is 0 Å². The van der Waals surface area contributed by atoms with Crippen LogP contribution in [0.2, 0.25) is 0 Å². The third-order valence-electron chi connectivity index (χ3n) is 7.13. The first-order valence-electron chi connectivity index (χ1n) is 13.7. The number of rotatable bonds is 13. The second kappa shape index (κ2) is 15.9. The van der Waals surface area contributed by atoms with Gasteiger partial charge in [-0.1, -0.05) is 84.5 Å². The summed E-state index contributed by atoms with van der Waals surface area (Å²) in [4.78, 5) is 12.4. The molecule has 4 rings (SSSR count). The number of hydrogen-bond acceptors (Lipinski definition) is 8. The number of primary amides is 1. The van der Waals surface area contributed by atoms with Crippen molar-refractivity contribution in [2.24, 2.45) is 11.5 Å². The normalized spacial score (nSPS) is 21.0. The lowest BCUT2D eigenvalue weighted by Crippen LogP contribution is -2.46. The van der Waals surface area contributed by atoms with E-state index in [1.165, 1.54) is 16.7 Å². The fourth-order valence-electron chi connectivity index (χ4n) is 5.08. The van der Waals surface area contributed by atoms with Crippen LogP contribution in [0.15, 0.2) is 48.5 Å². The van der Waals surface area contributed by atoms with Gasteiger partial charge in [-0.05, 0) is 47.6 Å². The molecule has 5 atom stereocenters. The standard InChI is InChI=1S/C31H37N5O3S2/c1-34-20-28(40)35-25(31(33)37)14-17-41-36-30-24-13-7-5-11-22(24)19-27(30)39-16-9-3-2-8-15-38-26-18-21-10-4-6-12-23(21)29(26)32/h4-7,10-13,25-27,29-30,34,36H,14-20,32H2,1H3,(H2,33,37)(H,35,40)/t25-,26+,27+,29-,30-/m0/s1. The molecule has 0 heterocycles. The molecule has 0 unspecified atom stereocenters. The molecule has 0 spiro atoms. The Hall–Kier alpha value is -2.93. The van der Waals surface area contributed by atoms with Crippen LogP contribution in [0.5, 0.6) is 0 Å². The molecule has 8 nitrogen and oxygen atoms in total. The van der Waals surface area contributed by atoms with Crippen LogP contribution < -0.4 is 26.8 Å². The van der Waals surface area contributed by atoms with Gasteiger partial charge in [0.05, 0.1) is 29.3 Å². The number of carbonyl (C=O) groups excluding carboxylic acids is 1. The van der Waals surface area contributed by atoms with E-state index in [0.717, 1.165) is 18.4 Å². The molecule has 0 aromatic heterocycles. The Labute approximate surface area is 252 Å². The summed E-state index contributed by atoms with van der Waals surface area (Å²) in [5.74, 6) is 11.9. The van der Waals surface area contributed by atoms with Crippen molar-refractivity contribution in [1.29, 1.82) is 0 Å². The van der Waals surface area contributed by atoms with Crippen molar-refractivity contribution in [2.45, 2.75) is 49.6 Å². The van der Waals surface area contributed by atoms with Gasteiger partial charge in [0, 0.05) is 25.1 Å². The third-order valence-corrected chi connectivity index (χ3v) is 8.25. The average molecular weight is 592 g/mol. The quantitative estimate of drug-likeness (QED) is 0.103. The van der Waals surface area contributed by atoms with Crippen molar-refractivity contribution in [3.8, 4) is 23.7 Å². The van der Waals surface area contributed by atoms with Crippen LogP contribution in [0.1, 0.15) is 40.8 Å². The molecule has 7 N–H and O–H groups in total. The molecule has 0 aliphatic heterocycles. The van der Waals surface area contributed by atoms with E-state index in [2.05, 4.69) is 63.3 Å². The van der Waals surface area contributed by atoms with E-state index in [4.69, 9.17) is 33.2 Å². The van der Waals surface area contributed by atoms with E-state index in [9.17, 15) is 4.79 Å². The number of nitrogens with two attached hydrogens (primary N) is 2. The van der Waals surface area contributed by atoms with Crippen LogP contribution in [-0.2, 0) is 27.1 Å². The van der Waals surface area contributed by atoms with Gasteiger partial charge in [0.2, 0.25) is 5.91 Å². The van der Waals surface area contributed by atoms with Crippen molar-refractivity contribution in [2.75, 3.05) is 32.6 Å². The van der Waals surface area contributed by atoms with E-state index in [0.29, 0.717) is 23.7 Å². The van der Waals surface area contributed by atoms with E-state index < -0.39 is 11.9 Å². The molecule has 41 heavy (non-hydrogen) atoms. The zero-order chi connectivity index (χ0) is 29.0. The summed E-state index contributed by atoms with van der Waals surface area (Å²) < 4.78 is 15.6. The minimum absolute atomic E-state index is 0.00239. The number of ether oxygens (including phenoxy) is 2. The van der Waals surface area contributed by atoms with Crippen molar-refractivity contribution in [3.05, 3.63) is 70.8 Å². The number of fused-ring (bicyclic) bond motifs is 2. The highest BCUT2D eigenvalue weighted by molar-refractivity contribution is 7.97. The Balaban J connectivity index is 1.21. The van der Waals surface area contributed by atoms with Gasteiger partial charge in [-0.3, -0.25) is 9.52 Å². The van der Waals surface area contributed by atoms with Gasteiger partial charge in [0.15, 0.2) is 0 Å². The van der Waals surface area contributed by atoms with E-state index in [1.807, 2.05) is 24.3 Å².